The van der Waals surface area contributed by atoms with Gasteiger partial charge in [0.05, 0.1) is 18.0 Å². The van der Waals surface area contributed by atoms with Gasteiger partial charge < -0.3 is 9.64 Å². The highest BCUT2D eigenvalue weighted by molar-refractivity contribution is 6.00. The highest BCUT2D eigenvalue weighted by Crippen LogP contribution is 2.51. The largest absolute Gasteiger partial charge is 0.484 e. The first-order chi connectivity index (χ1) is 10.9. The van der Waals surface area contributed by atoms with Crippen LogP contribution >= 0.6 is 0 Å². The molecule has 2 bridgehead atoms. The fourth-order valence-corrected chi connectivity index (χ4v) is 4.64. The summed E-state index contributed by atoms with van der Waals surface area (Å²) in [4.78, 5) is 27.3. The predicted octanol–water partition coefficient (Wildman–Crippen LogP) is 3.12. The van der Waals surface area contributed by atoms with Crippen LogP contribution in [0.3, 0.4) is 0 Å². The van der Waals surface area contributed by atoms with Crippen LogP contribution < -0.4 is 4.74 Å². The fraction of sp³-hybridized carbons (Fsp3) is 0.579. The van der Waals surface area contributed by atoms with E-state index in [1.807, 2.05) is 43.9 Å². The lowest BCUT2D eigenvalue weighted by atomic mass is 9.78. The molecule has 0 N–H and O–H groups in total. The van der Waals surface area contributed by atoms with E-state index < -0.39 is 5.60 Å². The summed E-state index contributed by atoms with van der Waals surface area (Å²) in [6.07, 6.45) is 3.16. The number of aryl methyl sites for hydroxylation is 1. The van der Waals surface area contributed by atoms with Crippen molar-refractivity contribution < 1.29 is 14.3 Å². The van der Waals surface area contributed by atoms with Crippen LogP contribution in [0, 0.1) is 12.8 Å². The first-order valence-electron chi connectivity index (χ1n) is 8.56. The maximum Gasteiger partial charge on any atom is 0.225 e. The Kier molecular flexibility index (Phi) is 3.09. The molecule has 2 fully saturated rings. The normalized spacial score (nSPS) is 31.7. The van der Waals surface area contributed by atoms with Gasteiger partial charge in [0.2, 0.25) is 5.91 Å². The average Bonchev–Trinajstić information content (AvgIpc) is 3.02. The molecule has 23 heavy (non-hydrogen) atoms. The van der Waals surface area contributed by atoms with Gasteiger partial charge in [-0.05, 0) is 31.9 Å². The molecule has 0 unspecified atom stereocenters. The van der Waals surface area contributed by atoms with Gasteiger partial charge in [0, 0.05) is 18.4 Å². The van der Waals surface area contributed by atoms with Crippen molar-refractivity contribution in [2.75, 3.05) is 0 Å². The smallest absolute Gasteiger partial charge is 0.225 e. The molecule has 122 valence electrons. The minimum atomic E-state index is -0.507. The lowest BCUT2D eigenvalue weighted by Gasteiger charge is -2.40. The molecule has 1 amide bonds. The van der Waals surface area contributed by atoms with Gasteiger partial charge in [0.15, 0.2) is 5.78 Å². The number of ether oxygens (including phenoxy) is 1. The van der Waals surface area contributed by atoms with Crippen molar-refractivity contribution in [2.24, 2.45) is 5.92 Å². The number of benzene rings is 1. The summed E-state index contributed by atoms with van der Waals surface area (Å²) < 4.78 is 6.39. The molecule has 1 spiro atoms. The monoisotopic (exact) mass is 313 g/mol. The van der Waals surface area contributed by atoms with Gasteiger partial charge >= 0.3 is 0 Å². The lowest BCUT2D eigenvalue weighted by molar-refractivity contribution is -0.137. The number of nitrogens with zero attached hydrogens (tertiary/aromatic N) is 1. The zero-order valence-electron chi connectivity index (χ0n) is 14.0. The van der Waals surface area contributed by atoms with E-state index in [-0.39, 0.29) is 29.7 Å². The number of hydrogen-bond acceptors (Lipinski definition) is 3. The molecule has 0 aliphatic carbocycles. The standard InChI is InChI=1S/C19H23NO3/c1-11(2)18(22)20-13-5-7-17(20)19(9-13)10-15(21)14-8-12(3)4-6-16(14)23-19/h4,6,8,11,13,17H,5,7,9-10H2,1-3H3/t13-,17-,19-/m1/s1. The Morgan fingerprint density at radius 3 is 2.87 bits per heavy atom. The minimum Gasteiger partial charge on any atom is -0.484 e. The second-order valence-electron chi connectivity index (χ2n) is 7.62. The Bertz CT molecular complexity index is 696. The van der Waals surface area contributed by atoms with E-state index in [1.165, 1.54) is 0 Å². The third kappa shape index (κ3) is 2.03. The number of ketones is 1. The molecule has 3 aliphatic rings. The number of carbonyl (C=O) groups excluding carboxylic acids is 2. The Morgan fingerprint density at radius 1 is 1.35 bits per heavy atom. The number of carbonyl (C=O) groups is 2. The molecular weight excluding hydrogens is 290 g/mol. The molecule has 4 rings (SSSR count). The molecule has 2 saturated heterocycles. The molecule has 4 heteroatoms. The molecule has 1 aromatic carbocycles. The van der Waals surface area contributed by atoms with E-state index in [4.69, 9.17) is 4.74 Å². The Morgan fingerprint density at radius 2 is 2.13 bits per heavy atom. The molecule has 4 nitrogen and oxygen atoms in total. The zero-order chi connectivity index (χ0) is 16.4. The van der Waals surface area contributed by atoms with Crippen LogP contribution in [0.4, 0.5) is 0 Å². The molecular formula is C19H23NO3. The van der Waals surface area contributed by atoms with Gasteiger partial charge in [-0.3, -0.25) is 9.59 Å². The number of amides is 1. The van der Waals surface area contributed by atoms with Gasteiger partial charge in [0.1, 0.15) is 11.4 Å². The summed E-state index contributed by atoms with van der Waals surface area (Å²) in [6.45, 7) is 5.87. The molecule has 1 aromatic rings. The average molecular weight is 313 g/mol. The maximum absolute atomic E-state index is 12.7. The van der Waals surface area contributed by atoms with Crippen molar-refractivity contribution in [3.8, 4) is 5.75 Å². The van der Waals surface area contributed by atoms with E-state index in [0.717, 1.165) is 24.8 Å². The van der Waals surface area contributed by atoms with E-state index in [9.17, 15) is 9.59 Å². The fourth-order valence-electron chi connectivity index (χ4n) is 4.64. The molecule has 0 aromatic heterocycles. The molecule has 3 heterocycles. The second kappa shape index (κ2) is 4.83. The topological polar surface area (TPSA) is 46.6 Å². The van der Waals surface area contributed by atoms with Gasteiger partial charge in [-0.15, -0.1) is 0 Å². The van der Waals surface area contributed by atoms with Crippen molar-refractivity contribution in [3.05, 3.63) is 29.3 Å². The van der Waals surface area contributed by atoms with Crippen LogP contribution in [0.2, 0.25) is 0 Å². The van der Waals surface area contributed by atoms with Crippen molar-refractivity contribution >= 4 is 11.7 Å². The third-order valence-corrected chi connectivity index (χ3v) is 5.65. The lowest BCUT2D eigenvalue weighted by Crippen LogP contribution is -2.52. The van der Waals surface area contributed by atoms with Gasteiger partial charge in [-0.2, -0.15) is 0 Å². The van der Waals surface area contributed by atoms with Crippen molar-refractivity contribution in [1.29, 1.82) is 0 Å². The van der Waals surface area contributed by atoms with Crippen molar-refractivity contribution in [3.63, 3.8) is 0 Å². The zero-order valence-corrected chi connectivity index (χ0v) is 14.0. The molecule has 3 atom stereocenters. The van der Waals surface area contributed by atoms with Crippen molar-refractivity contribution in [2.45, 2.75) is 64.1 Å². The maximum atomic E-state index is 12.7. The van der Waals surface area contributed by atoms with Crippen LogP contribution in [0.15, 0.2) is 18.2 Å². The third-order valence-electron chi connectivity index (χ3n) is 5.65. The highest BCUT2D eigenvalue weighted by atomic mass is 16.5. The van der Waals surface area contributed by atoms with Crippen LogP contribution in [0.25, 0.3) is 0 Å². The van der Waals surface area contributed by atoms with Gasteiger partial charge in [0.25, 0.3) is 0 Å². The number of Topliss-reactive ketones (excluding diaryl/α,β-unsaturated/α-hetero) is 1. The van der Waals surface area contributed by atoms with Gasteiger partial charge in [-0.1, -0.05) is 25.5 Å². The molecule has 0 radical (unpaired) electrons. The molecule has 0 saturated carbocycles. The number of hydrogen-bond donors (Lipinski definition) is 0. The van der Waals surface area contributed by atoms with E-state index in [2.05, 4.69) is 0 Å². The second-order valence-corrected chi connectivity index (χ2v) is 7.62. The summed E-state index contributed by atoms with van der Waals surface area (Å²) in [6, 6.07) is 6.07. The first kappa shape index (κ1) is 14.7. The van der Waals surface area contributed by atoms with Crippen LogP contribution in [-0.2, 0) is 4.79 Å². The SMILES string of the molecule is Cc1ccc2c(c1)C(=O)C[C@@]1(C[C@H]3CC[C@H]1N3C(=O)C(C)C)O2. The first-order valence-corrected chi connectivity index (χ1v) is 8.56. The summed E-state index contributed by atoms with van der Waals surface area (Å²) in [5, 5.41) is 0. The number of rotatable bonds is 1. The Hall–Kier alpha value is -1.84. The van der Waals surface area contributed by atoms with Crippen LogP contribution in [-0.4, -0.2) is 34.3 Å². The van der Waals surface area contributed by atoms with E-state index >= 15 is 0 Å². The summed E-state index contributed by atoms with van der Waals surface area (Å²) in [7, 11) is 0. The molecule has 3 aliphatic heterocycles. The predicted molar refractivity (Wildman–Crippen MR) is 86.6 cm³/mol. The van der Waals surface area contributed by atoms with Gasteiger partial charge in [-0.25, -0.2) is 0 Å². The Labute approximate surface area is 136 Å². The summed E-state index contributed by atoms with van der Waals surface area (Å²) >= 11 is 0. The van der Waals surface area contributed by atoms with Crippen LogP contribution in [0.5, 0.6) is 5.75 Å². The minimum absolute atomic E-state index is 0.0116. The van der Waals surface area contributed by atoms with Crippen molar-refractivity contribution in [1.82, 2.24) is 4.90 Å². The summed E-state index contributed by atoms with van der Waals surface area (Å²) in [5.41, 5.74) is 1.26. The summed E-state index contributed by atoms with van der Waals surface area (Å²) in [5.74, 6) is 1.03. The highest BCUT2D eigenvalue weighted by Gasteiger charge is 2.61. The quantitative estimate of drug-likeness (QED) is 0.800. The van der Waals surface area contributed by atoms with E-state index in [0.29, 0.717) is 17.7 Å². The number of fused-ring (bicyclic) bond motifs is 4. The van der Waals surface area contributed by atoms with Crippen LogP contribution in [0.1, 0.15) is 55.5 Å². The Balaban J connectivity index is 1.70. The van der Waals surface area contributed by atoms with E-state index in [1.54, 1.807) is 0 Å².